The van der Waals surface area contributed by atoms with Gasteiger partial charge in [-0.1, -0.05) is 12.1 Å². The van der Waals surface area contributed by atoms with Gasteiger partial charge in [0.2, 0.25) is 0 Å². The fourth-order valence-electron chi connectivity index (χ4n) is 2.95. The minimum atomic E-state index is -0.230. The zero-order valence-corrected chi connectivity index (χ0v) is 15.7. The number of carbonyl (C=O) groups is 1. The van der Waals surface area contributed by atoms with E-state index < -0.39 is 0 Å². The molecule has 28 heavy (non-hydrogen) atoms. The highest BCUT2D eigenvalue weighted by molar-refractivity contribution is 6.04. The minimum Gasteiger partial charge on any atom is -0.487 e. The largest absolute Gasteiger partial charge is 0.487 e. The Labute approximate surface area is 162 Å². The molecular formula is C22H20N4O2. The number of imidazole rings is 1. The van der Waals surface area contributed by atoms with E-state index in [-0.39, 0.29) is 5.91 Å². The van der Waals surface area contributed by atoms with E-state index in [0.29, 0.717) is 23.7 Å². The number of pyridine rings is 2. The van der Waals surface area contributed by atoms with Crippen molar-refractivity contribution in [1.29, 1.82) is 0 Å². The molecule has 0 radical (unpaired) electrons. The van der Waals surface area contributed by atoms with Crippen molar-refractivity contribution < 1.29 is 9.53 Å². The lowest BCUT2D eigenvalue weighted by molar-refractivity contribution is 0.102. The summed E-state index contributed by atoms with van der Waals surface area (Å²) in [5.74, 6) is 0.905. The molecule has 0 saturated heterocycles. The zero-order valence-electron chi connectivity index (χ0n) is 15.7. The van der Waals surface area contributed by atoms with E-state index in [2.05, 4.69) is 15.3 Å². The van der Waals surface area contributed by atoms with Crippen LogP contribution in [0.1, 0.15) is 27.2 Å². The second-order valence-corrected chi connectivity index (χ2v) is 6.64. The van der Waals surface area contributed by atoms with Gasteiger partial charge in [-0.3, -0.25) is 4.79 Å². The Morgan fingerprint density at radius 2 is 2.04 bits per heavy atom. The van der Waals surface area contributed by atoms with Crippen LogP contribution in [0.15, 0.2) is 67.1 Å². The summed E-state index contributed by atoms with van der Waals surface area (Å²) < 4.78 is 7.83. The Balaban J connectivity index is 1.45. The van der Waals surface area contributed by atoms with Crippen LogP contribution in [0.2, 0.25) is 0 Å². The highest BCUT2D eigenvalue weighted by atomic mass is 16.5. The number of rotatable bonds is 5. The van der Waals surface area contributed by atoms with E-state index in [9.17, 15) is 4.79 Å². The first-order valence-corrected chi connectivity index (χ1v) is 8.98. The van der Waals surface area contributed by atoms with Gasteiger partial charge in [0.15, 0.2) is 0 Å². The maximum Gasteiger partial charge on any atom is 0.256 e. The highest BCUT2D eigenvalue weighted by Crippen LogP contribution is 2.17. The molecule has 0 spiro atoms. The van der Waals surface area contributed by atoms with E-state index in [1.54, 1.807) is 24.4 Å². The van der Waals surface area contributed by atoms with Gasteiger partial charge in [-0.2, -0.15) is 0 Å². The van der Waals surface area contributed by atoms with Crippen molar-refractivity contribution in [2.45, 2.75) is 20.5 Å². The third kappa shape index (κ3) is 3.86. The average molecular weight is 372 g/mol. The topological polar surface area (TPSA) is 68.5 Å². The first-order chi connectivity index (χ1) is 13.6. The predicted molar refractivity (Wildman–Crippen MR) is 108 cm³/mol. The maximum absolute atomic E-state index is 12.5. The summed E-state index contributed by atoms with van der Waals surface area (Å²) in [7, 11) is 0. The van der Waals surface area contributed by atoms with Gasteiger partial charge in [0, 0.05) is 24.2 Å². The van der Waals surface area contributed by atoms with Crippen LogP contribution in [-0.2, 0) is 6.61 Å². The second-order valence-electron chi connectivity index (χ2n) is 6.64. The SMILES string of the molecule is Cc1ccnc(NC(=O)c2cccc(OCc3cn4cccc(C)c4n3)c2)c1. The molecule has 0 unspecified atom stereocenters. The van der Waals surface area contributed by atoms with E-state index in [1.807, 2.05) is 61.0 Å². The van der Waals surface area contributed by atoms with E-state index in [1.165, 1.54) is 0 Å². The number of aryl methyl sites for hydroxylation is 2. The molecule has 0 aliphatic heterocycles. The summed E-state index contributed by atoms with van der Waals surface area (Å²) in [6.07, 6.45) is 5.58. The van der Waals surface area contributed by atoms with Crippen LogP contribution in [0.5, 0.6) is 5.75 Å². The van der Waals surface area contributed by atoms with Crippen molar-refractivity contribution in [3.8, 4) is 5.75 Å². The Morgan fingerprint density at radius 1 is 1.14 bits per heavy atom. The molecule has 3 heterocycles. The number of carbonyl (C=O) groups excluding carboxylic acids is 1. The standard InChI is InChI=1S/C22H20N4O2/c1-15-8-9-23-20(11-15)25-22(27)17-6-3-7-19(12-17)28-14-18-13-26-10-4-5-16(2)21(26)24-18/h3-13H,14H2,1-2H3,(H,23,25,27). The summed E-state index contributed by atoms with van der Waals surface area (Å²) in [5.41, 5.74) is 4.39. The van der Waals surface area contributed by atoms with Crippen molar-refractivity contribution in [2.75, 3.05) is 5.32 Å². The molecule has 0 saturated carbocycles. The molecule has 6 nitrogen and oxygen atoms in total. The quantitative estimate of drug-likeness (QED) is 0.571. The predicted octanol–water partition coefficient (Wildman–Crippen LogP) is 4.18. The van der Waals surface area contributed by atoms with Gasteiger partial charge in [-0.05, 0) is 61.4 Å². The number of amides is 1. The molecule has 1 amide bonds. The lowest BCUT2D eigenvalue weighted by Gasteiger charge is -2.08. The van der Waals surface area contributed by atoms with Crippen molar-refractivity contribution in [3.63, 3.8) is 0 Å². The first-order valence-electron chi connectivity index (χ1n) is 8.98. The summed E-state index contributed by atoms with van der Waals surface area (Å²) >= 11 is 0. The number of hydrogen-bond donors (Lipinski definition) is 1. The van der Waals surface area contributed by atoms with Crippen molar-refractivity contribution in [2.24, 2.45) is 0 Å². The van der Waals surface area contributed by atoms with Crippen molar-refractivity contribution >= 4 is 17.4 Å². The molecule has 1 N–H and O–H groups in total. The van der Waals surface area contributed by atoms with Crippen LogP contribution >= 0.6 is 0 Å². The Hall–Kier alpha value is -3.67. The number of anilines is 1. The summed E-state index contributed by atoms with van der Waals surface area (Å²) in [4.78, 5) is 21.2. The van der Waals surface area contributed by atoms with E-state index in [4.69, 9.17) is 4.74 Å². The van der Waals surface area contributed by atoms with E-state index in [0.717, 1.165) is 22.5 Å². The summed E-state index contributed by atoms with van der Waals surface area (Å²) in [5, 5.41) is 2.80. The van der Waals surface area contributed by atoms with Gasteiger partial charge in [-0.15, -0.1) is 0 Å². The van der Waals surface area contributed by atoms with Crippen LogP contribution in [0, 0.1) is 13.8 Å². The maximum atomic E-state index is 12.5. The van der Waals surface area contributed by atoms with Crippen LogP contribution in [-0.4, -0.2) is 20.3 Å². The van der Waals surface area contributed by atoms with Gasteiger partial charge in [0.1, 0.15) is 23.8 Å². The zero-order chi connectivity index (χ0) is 19.5. The molecule has 0 bridgehead atoms. The molecule has 6 heteroatoms. The van der Waals surface area contributed by atoms with Gasteiger partial charge < -0.3 is 14.5 Å². The smallest absolute Gasteiger partial charge is 0.256 e. The number of nitrogens with one attached hydrogen (secondary N) is 1. The lowest BCUT2D eigenvalue weighted by Crippen LogP contribution is -2.13. The number of hydrogen-bond acceptors (Lipinski definition) is 4. The third-order valence-electron chi connectivity index (χ3n) is 4.37. The number of fused-ring (bicyclic) bond motifs is 1. The van der Waals surface area contributed by atoms with Crippen LogP contribution < -0.4 is 10.1 Å². The minimum absolute atomic E-state index is 0.230. The van der Waals surface area contributed by atoms with Crippen molar-refractivity contribution in [1.82, 2.24) is 14.4 Å². The molecule has 3 aromatic heterocycles. The monoisotopic (exact) mass is 372 g/mol. The molecule has 1 aromatic carbocycles. The Kier molecular flexibility index (Phi) is 4.76. The number of nitrogens with zero attached hydrogens (tertiary/aromatic N) is 3. The third-order valence-corrected chi connectivity index (χ3v) is 4.37. The molecule has 0 atom stereocenters. The Bertz CT molecular complexity index is 1150. The molecule has 0 aliphatic carbocycles. The van der Waals surface area contributed by atoms with Crippen LogP contribution in [0.3, 0.4) is 0 Å². The summed E-state index contributed by atoms with van der Waals surface area (Å²) in [6, 6.07) is 14.8. The fourth-order valence-corrected chi connectivity index (χ4v) is 2.95. The van der Waals surface area contributed by atoms with Crippen LogP contribution in [0.4, 0.5) is 5.82 Å². The highest BCUT2D eigenvalue weighted by Gasteiger charge is 2.09. The molecule has 4 rings (SSSR count). The number of benzene rings is 1. The van der Waals surface area contributed by atoms with Gasteiger partial charge >= 0.3 is 0 Å². The first kappa shape index (κ1) is 17.7. The number of aromatic nitrogens is 3. The molecular weight excluding hydrogens is 352 g/mol. The Morgan fingerprint density at radius 3 is 2.86 bits per heavy atom. The van der Waals surface area contributed by atoms with Crippen molar-refractivity contribution in [3.05, 3.63) is 89.5 Å². The van der Waals surface area contributed by atoms with E-state index >= 15 is 0 Å². The fraction of sp³-hybridized carbons (Fsp3) is 0.136. The number of ether oxygens (including phenoxy) is 1. The van der Waals surface area contributed by atoms with Gasteiger partial charge in [-0.25, -0.2) is 9.97 Å². The normalized spacial score (nSPS) is 10.8. The average Bonchev–Trinajstić information content (AvgIpc) is 3.11. The molecule has 4 aromatic rings. The lowest BCUT2D eigenvalue weighted by atomic mass is 10.2. The second kappa shape index (κ2) is 7.52. The van der Waals surface area contributed by atoms with Crippen LogP contribution in [0.25, 0.3) is 5.65 Å². The van der Waals surface area contributed by atoms with Gasteiger partial charge in [0.25, 0.3) is 5.91 Å². The molecule has 140 valence electrons. The summed E-state index contributed by atoms with van der Waals surface area (Å²) in [6.45, 7) is 4.30. The molecule has 0 aliphatic rings. The molecule has 0 fully saturated rings. The van der Waals surface area contributed by atoms with Gasteiger partial charge in [0.05, 0.1) is 5.69 Å².